The second-order valence-electron chi connectivity index (χ2n) is 5.07. The van der Waals surface area contributed by atoms with E-state index in [1.165, 1.54) is 28.6 Å². The predicted molar refractivity (Wildman–Crippen MR) is 71.8 cm³/mol. The lowest BCUT2D eigenvalue weighted by atomic mass is 9.94. The Kier molecular flexibility index (Phi) is 3.86. The van der Waals surface area contributed by atoms with Gasteiger partial charge in [0.05, 0.1) is 16.9 Å². The number of β-amino-alcohol motifs (C(OH)–C–C–N with tert-alkyl or cyclic N) is 1. The van der Waals surface area contributed by atoms with Crippen molar-refractivity contribution in [2.45, 2.75) is 30.3 Å². The van der Waals surface area contributed by atoms with Gasteiger partial charge >= 0.3 is 5.97 Å². The average Bonchev–Trinajstić information content (AvgIpc) is 2.35. The summed E-state index contributed by atoms with van der Waals surface area (Å²) in [5, 5.41) is 18.5. The Bertz CT molecular complexity index is 602. The third-order valence-electron chi connectivity index (χ3n) is 3.52. The van der Waals surface area contributed by atoms with Crippen molar-refractivity contribution in [2.75, 3.05) is 13.1 Å². The van der Waals surface area contributed by atoms with Gasteiger partial charge in [-0.2, -0.15) is 4.31 Å². The van der Waals surface area contributed by atoms with Crippen LogP contribution in [0.3, 0.4) is 0 Å². The fraction of sp³-hybridized carbons (Fsp3) is 0.462. The number of hydrogen-bond acceptors (Lipinski definition) is 4. The molecular weight excluding hydrogens is 282 g/mol. The van der Waals surface area contributed by atoms with Gasteiger partial charge < -0.3 is 10.2 Å². The van der Waals surface area contributed by atoms with Crippen LogP contribution in [-0.4, -0.2) is 47.6 Å². The van der Waals surface area contributed by atoms with Crippen molar-refractivity contribution in [3.05, 3.63) is 29.8 Å². The molecule has 1 aliphatic rings. The van der Waals surface area contributed by atoms with E-state index in [-0.39, 0.29) is 24.4 Å². The maximum Gasteiger partial charge on any atom is 0.307 e. The molecule has 1 aromatic carbocycles. The number of aliphatic carboxylic acids is 1. The van der Waals surface area contributed by atoms with Crippen molar-refractivity contribution < 1.29 is 23.4 Å². The minimum Gasteiger partial charge on any atom is -0.481 e. The van der Waals surface area contributed by atoms with E-state index >= 15 is 0 Å². The minimum absolute atomic E-state index is 0.0999. The number of sulfonamides is 1. The Morgan fingerprint density at radius 1 is 1.30 bits per heavy atom. The van der Waals surface area contributed by atoms with Crippen LogP contribution >= 0.6 is 0 Å². The van der Waals surface area contributed by atoms with E-state index in [1.54, 1.807) is 0 Å². The number of benzene rings is 1. The molecule has 0 unspecified atom stereocenters. The largest absolute Gasteiger partial charge is 0.481 e. The highest BCUT2D eigenvalue weighted by Gasteiger charge is 2.45. The molecule has 0 spiro atoms. The fourth-order valence-electron chi connectivity index (χ4n) is 2.11. The molecule has 1 fully saturated rings. The summed E-state index contributed by atoms with van der Waals surface area (Å²) in [5.41, 5.74) is -0.374. The SMILES string of the molecule is CCC1(O)CN(S(=O)(=O)c2ccc(CC(=O)O)cc2)C1. The number of carbonyl (C=O) groups is 1. The molecule has 1 saturated heterocycles. The van der Waals surface area contributed by atoms with Crippen molar-refractivity contribution >= 4 is 16.0 Å². The summed E-state index contributed by atoms with van der Waals surface area (Å²) >= 11 is 0. The Hall–Kier alpha value is -1.44. The quantitative estimate of drug-likeness (QED) is 0.823. The molecule has 6 nitrogen and oxygen atoms in total. The van der Waals surface area contributed by atoms with Gasteiger partial charge in [0.2, 0.25) is 10.0 Å². The van der Waals surface area contributed by atoms with Gasteiger partial charge in [0.1, 0.15) is 0 Å². The van der Waals surface area contributed by atoms with E-state index < -0.39 is 21.6 Å². The molecule has 2 N–H and O–H groups in total. The first-order valence-corrected chi connectivity index (χ1v) is 7.74. The molecule has 0 aliphatic carbocycles. The summed E-state index contributed by atoms with van der Waals surface area (Å²) in [4.78, 5) is 10.7. The van der Waals surface area contributed by atoms with Crippen LogP contribution in [0.1, 0.15) is 18.9 Å². The van der Waals surface area contributed by atoms with Crippen LogP contribution < -0.4 is 0 Å². The highest BCUT2D eigenvalue weighted by Crippen LogP contribution is 2.30. The van der Waals surface area contributed by atoms with E-state index in [2.05, 4.69) is 0 Å². The van der Waals surface area contributed by atoms with E-state index in [4.69, 9.17) is 5.11 Å². The number of carboxylic acid groups (broad SMARTS) is 1. The first kappa shape index (κ1) is 15.0. The zero-order valence-electron chi connectivity index (χ0n) is 11.1. The lowest BCUT2D eigenvalue weighted by molar-refractivity contribution is -0.136. The van der Waals surface area contributed by atoms with Gasteiger partial charge in [-0.15, -0.1) is 0 Å². The molecule has 2 rings (SSSR count). The van der Waals surface area contributed by atoms with Gasteiger partial charge in [-0.05, 0) is 24.1 Å². The zero-order chi connectivity index (χ0) is 15.0. The summed E-state index contributed by atoms with van der Waals surface area (Å²) in [6.45, 7) is 2.01. The lowest BCUT2D eigenvalue weighted by Crippen LogP contribution is -2.62. The molecule has 0 aromatic heterocycles. The van der Waals surface area contributed by atoms with Gasteiger partial charge in [-0.1, -0.05) is 19.1 Å². The summed E-state index contributed by atoms with van der Waals surface area (Å²) in [6, 6.07) is 5.79. The van der Waals surface area contributed by atoms with Crippen molar-refractivity contribution in [2.24, 2.45) is 0 Å². The summed E-state index contributed by atoms with van der Waals surface area (Å²) in [6.07, 6.45) is 0.371. The Labute approximate surface area is 117 Å². The van der Waals surface area contributed by atoms with E-state index in [0.29, 0.717) is 12.0 Å². The van der Waals surface area contributed by atoms with E-state index in [9.17, 15) is 18.3 Å². The summed E-state index contributed by atoms with van der Waals surface area (Å²) in [7, 11) is -3.60. The molecule has 0 bridgehead atoms. The molecule has 0 saturated carbocycles. The lowest BCUT2D eigenvalue weighted by Gasteiger charge is -2.44. The Morgan fingerprint density at radius 2 is 1.85 bits per heavy atom. The molecule has 1 heterocycles. The van der Waals surface area contributed by atoms with Crippen LogP contribution in [0, 0.1) is 0 Å². The highest BCUT2D eigenvalue weighted by atomic mass is 32.2. The Balaban J connectivity index is 2.13. The number of aliphatic hydroxyl groups is 1. The summed E-state index contributed by atoms with van der Waals surface area (Å²) in [5.74, 6) is -0.962. The molecule has 7 heteroatoms. The number of carboxylic acids is 1. The van der Waals surface area contributed by atoms with E-state index in [1.807, 2.05) is 6.92 Å². The topological polar surface area (TPSA) is 94.9 Å². The van der Waals surface area contributed by atoms with Crippen LogP contribution in [-0.2, 0) is 21.2 Å². The average molecular weight is 299 g/mol. The van der Waals surface area contributed by atoms with Crippen LogP contribution in [0.4, 0.5) is 0 Å². The smallest absolute Gasteiger partial charge is 0.307 e. The number of rotatable bonds is 5. The first-order valence-electron chi connectivity index (χ1n) is 6.30. The summed E-state index contributed by atoms with van der Waals surface area (Å²) < 4.78 is 25.7. The van der Waals surface area contributed by atoms with Gasteiger partial charge in [0.25, 0.3) is 0 Å². The molecule has 1 aliphatic heterocycles. The number of nitrogens with zero attached hydrogens (tertiary/aromatic N) is 1. The Morgan fingerprint density at radius 3 is 2.30 bits per heavy atom. The van der Waals surface area contributed by atoms with Crippen LogP contribution in [0.2, 0.25) is 0 Å². The normalized spacial score (nSPS) is 18.5. The standard InChI is InChI=1S/C13H17NO5S/c1-2-13(17)8-14(9-13)20(18,19)11-5-3-10(4-6-11)7-12(15)16/h3-6,17H,2,7-9H2,1H3,(H,15,16). The van der Waals surface area contributed by atoms with Gasteiger partial charge in [0.15, 0.2) is 0 Å². The predicted octanol–water partition coefficient (Wildman–Crippen LogP) is 0.459. The van der Waals surface area contributed by atoms with Crippen LogP contribution in [0.5, 0.6) is 0 Å². The maximum absolute atomic E-state index is 12.3. The van der Waals surface area contributed by atoms with Crippen molar-refractivity contribution in [3.63, 3.8) is 0 Å². The maximum atomic E-state index is 12.3. The molecule has 1 aromatic rings. The van der Waals surface area contributed by atoms with Gasteiger partial charge in [-0.3, -0.25) is 4.79 Å². The van der Waals surface area contributed by atoms with E-state index in [0.717, 1.165) is 0 Å². The molecule has 110 valence electrons. The first-order chi connectivity index (χ1) is 9.27. The van der Waals surface area contributed by atoms with Crippen molar-refractivity contribution in [1.82, 2.24) is 4.31 Å². The number of hydrogen-bond donors (Lipinski definition) is 2. The molecule has 0 radical (unpaired) electrons. The monoisotopic (exact) mass is 299 g/mol. The highest BCUT2D eigenvalue weighted by molar-refractivity contribution is 7.89. The van der Waals surface area contributed by atoms with Crippen LogP contribution in [0.15, 0.2) is 29.2 Å². The van der Waals surface area contributed by atoms with Crippen LogP contribution in [0.25, 0.3) is 0 Å². The van der Waals surface area contributed by atoms with Gasteiger partial charge in [0, 0.05) is 13.1 Å². The van der Waals surface area contributed by atoms with Crippen molar-refractivity contribution in [1.29, 1.82) is 0 Å². The third kappa shape index (κ3) is 2.84. The zero-order valence-corrected chi connectivity index (χ0v) is 11.9. The van der Waals surface area contributed by atoms with Crippen molar-refractivity contribution in [3.8, 4) is 0 Å². The second-order valence-corrected chi connectivity index (χ2v) is 7.00. The minimum atomic E-state index is -3.60. The molecule has 0 atom stereocenters. The van der Waals surface area contributed by atoms with Gasteiger partial charge in [-0.25, -0.2) is 8.42 Å². The fourth-order valence-corrected chi connectivity index (χ4v) is 3.71. The second kappa shape index (κ2) is 5.16. The molecule has 20 heavy (non-hydrogen) atoms. The molecule has 0 amide bonds. The third-order valence-corrected chi connectivity index (χ3v) is 5.32. The molecular formula is C13H17NO5S.